The van der Waals surface area contributed by atoms with E-state index in [-0.39, 0.29) is 18.2 Å². The number of anilines is 1. The highest BCUT2D eigenvalue weighted by Gasteiger charge is 2.39. The van der Waals surface area contributed by atoms with Gasteiger partial charge in [0, 0.05) is 28.4 Å². The molecule has 1 aromatic carbocycles. The predicted octanol–water partition coefficient (Wildman–Crippen LogP) is 4.97. The molecular formula is C26H33NO5S. The van der Waals surface area contributed by atoms with Crippen molar-refractivity contribution in [2.75, 3.05) is 4.90 Å². The maximum atomic E-state index is 12.6. The number of ketones is 1. The number of thiophene rings is 1. The summed E-state index contributed by atoms with van der Waals surface area (Å²) in [4.78, 5) is 38.8. The molecule has 1 aromatic heterocycles. The lowest BCUT2D eigenvalue weighted by atomic mass is 9.77. The number of aryl methyl sites for hydroxylation is 1. The molecule has 2 atom stereocenters. The maximum absolute atomic E-state index is 12.6. The fraction of sp³-hybridized carbons (Fsp3) is 0.500. The van der Waals surface area contributed by atoms with Gasteiger partial charge in [0.1, 0.15) is 4.88 Å². The number of carboxylic acid groups (broad SMARTS) is 1. The van der Waals surface area contributed by atoms with Gasteiger partial charge in [-0.1, -0.05) is 45.7 Å². The Morgan fingerprint density at radius 2 is 1.85 bits per heavy atom. The molecule has 1 aliphatic heterocycles. The van der Waals surface area contributed by atoms with E-state index in [1.54, 1.807) is 11.0 Å². The summed E-state index contributed by atoms with van der Waals surface area (Å²) >= 11 is 1.27. The van der Waals surface area contributed by atoms with E-state index < -0.39 is 23.4 Å². The van der Waals surface area contributed by atoms with Crippen LogP contribution in [0.5, 0.6) is 0 Å². The topological polar surface area (TPSA) is 94.9 Å². The molecule has 0 radical (unpaired) electrons. The molecule has 1 aliphatic rings. The minimum atomic E-state index is -0.922. The number of carboxylic acids is 1. The molecule has 1 amide bonds. The van der Waals surface area contributed by atoms with Crippen molar-refractivity contribution in [3.63, 3.8) is 0 Å². The van der Waals surface area contributed by atoms with Crippen molar-refractivity contribution in [2.24, 2.45) is 0 Å². The van der Waals surface area contributed by atoms with Crippen LogP contribution in [0, 0.1) is 0 Å². The molecule has 0 aliphatic carbocycles. The number of amides is 1. The molecule has 33 heavy (non-hydrogen) atoms. The minimum absolute atomic E-state index is 0.196. The van der Waals surface area contributed by atoms with Crippen LogP contribution < -0.4 is 4.90 Å². The third kappa shape index (κ3) is 5.71. The van der Waals surface area contributed by atoms with Gasteiger partial charge in [0.2, 0.25) is 5.78 Å². The maximum Gasteiger partial charge on any atom is 0.345 e. The Morgan fingerprint density at radius 1 is 1.15 bits per heavy atom. The van der Waals surface area contributed by atoms with Gasteiger partial charge in [-0.25, -0.2) is 4.79 Å². The van der Waals surface area contributed by atoms with Gasteiger partial charge in [0.25, 0.3) is 5.91 Å². The van der Waals surface area contributed by atoms with Gasteiger partial charge in [-0.05, 0) is 55.5 Å². The van der Waals surface area contributed by atoms with E-state index in [0.29, 0.717) is 23.4 Å². The number of carbonyl (C=O) groups is 3. The average molecular weight is 472 g/mol. The lowest BCUT2D eigenvalue weighted by molar-refractivity contribution is -0.133. The van der Waals surface area contributed by atoms with Crippen LogP contribution in [-0.4, -0.2) is 40.0 Å². The van der Waals surface area contributed by atoms with Crippen LogP contribution in [0.3, 0.4) is 0 Å². The Bertz CT molecular complexity index is 994. The molecule has 2 N–H and O–H groups in total. The highest BCUT2D eigenvalue weighted by molar-refractivity contribution is 7.13. The Hall–Kier alpha value is -2.51. The molecule has 3 rings (SSSR count). The summed E-state index contributed by atoms with van der Waals surface area (Å²) in [6.45, 7) is 6.15. The molecule has 0 saturated carbocycles. The summed E-state index contributed by atoms with van der Waals surface area (Å²) in [5, 5.41) is 19.7. The number of nitrogens with zero attached hydrogens (tertiary/aromatic N) is 1. The van der Waals surface area contributed by atoms with E-state index in [0.717, 1.165) is 36.1 Å². The van der Waals surface area contributed by atoms with Crippen LogP contribution in [0.2, 0.25) is 0 Å². The first kappa shape index (κ1) is 25.1. The number of aliphatic hydroxyl groups excluding tert-OH is 1. The molecule has 2 aromatic rings. The molecule has 0 spiro atoms. The minimum Gasteiger partial charge on any atom is -0.477 e. The van der Waals surface area contributed by atoms with Crippen LogP contribution >= 0.6 is 11.3 Å². The second-order valence-electron chi connectivity index (χ2n) is 9.35. The number of rotatable bonds is 11. The second kappa shape index (κ2) is 10.6. The largest absolute Gasteiger partial charge is 0.477 e. The van der Waals surface area contributed by atoms with E-state index in [4.69, 9.17) is 5.11 Å². The SMILES string of the molecule is CCCCC(O)C(C)(C)c1ccc(N2C(=O)C(=O)CC2CCCc2ccc(C(=O)O)s2)cc1. The molecular weight excluding hydrogens is 438 g/mol. The molecule has 2 unspecified atom stereocenters. The zero-order valence-corrected chi connectivity index (χ0v) is 20.4. The Morgan fingerprint density at radius 3 is 2.45 bits per heavy atom. The van der Waals surface area contributed by atoms with E-state index >= 15 is 0 Å². The number of hydrogen-bond acceptors (Lipinski definition) is 5. The zero-order valence-electron chi connectivity index (χ0n) is 19.5. The molecule has 2 heterocycles. The normalized spacial score (nSPS) is 17.6. The van der Waals surface area contributed by atoms with Crippen molar-refractivity contribution in [3.8, 4) is 0 Å². The van der Waals surface area contributed by atoms with Crippen LogP contribution in [0.15, 0.2) is 36.4 Å². The number of aromatic carboxylic acids is 1. The molecule has 1 fully saturated rings. The third-order valence-corrected chi connectivity index (χ3v) is 7.76. The van der Waals surface area contributed by atoms with Crippen molar-refractivity contribution in [1.82, 2.24) is 0 Å². The van der Waals surface area contributed by atoms with E-state index in [1.165, 1.54) is 11.3 Å². The van der Waals surface area contributed by atoms with Crippen molar-refractivity contribution < 1.29 is 24.6 Å². The molecule has 178 valence electrons. The summed E-state index contributed by atoms with van der Waals surface area (Å²) in [6.07, 6.45) is 4.63. The number of hydrogen-bond donors (Lipinski definition) is 2. The summed E-state index contributed by atoms with van der Waals surface area (Å²) in [7, 11) is 0. The predicted molar refractivity (Wildman–Crippen MR) is 130 cm³/mol. The van der Waals surface area contributed by atoms with Crippen molar-refractivity contribution in [1.29, 1.82) is 0 Å². The van der Waals surface area contributed by atoms with Crippen LogP contribution in [-0.2, 0) is 21.4 Å². The van der Waals surface area contributed by atoms with Crippen molar-refractivity contribution in [3.05, 3.63) is 51.7 Å². The highest BCUT2D eigenvalue weighted by atomic mass is 32.1. The molecule has 7 heteroatoms. The van der Waals surface area contributed by atoms with Gasteiger partial charge in [-0.15, -0.1) is 11.3 Å². The zero-order chi connectivity index (χ0) is 24.2. The van der Waals surface area contributed by atoms with E-state index in [9.17, 15) is 19.5 Å². The molecule has 1 saturated heterocycles. The summed E-state index contributed by atoms with van der Waals surface area (Å²) < 4.78 is 0. The smallest absolute Gasteiger partial charge is 0.345 e. The van der Waals surface area contributed by atoms with Gasteiger partial charge >= 0.3 is 5.97 Å². The summed E-state index contributed by atoms with van der Waals surface area (Å²) in [6, 6.07) is 10.9. The number of unbranched alkanes of at least 4 members (excludes halogenated alkanes) is 1. The Labute approximate surface area is 199 Å². The Kier molecular flexibility index (Phi) is 8.08. The van der Waals surface area contributed by atoms with Gasteiger partial charge in [-0.3, -0.25) is 9.59 Å². The number of carbonyl (C=O) groups excluding carboxylic acids is 2. The third-order valence-electron chi connectivity index (χ3n) is 6.63. The fourth-order valence-electron chi connectivity index (χ4n) is 4.39. The van der Waals surface area contributed by atoms with Gasteiger partial charge in [0.15, 0.2) is 0 Å². The average Bonchev–Trinajstić information content (AvgIpc) is 3.37. The van der Waals surface area contributed by atoms with E-state index in [2.05, 4.69) is 6.92 Å². The van der Waals surface area contributed by atoms with Crippen LogP contribution in [0.1, 0.15) is 79.4 Å². The van der Waals surface area contributed by atoms with E-state index in [1.807, 2.05) is 44.2 Å². The van der Waals surface area contributed by atoms with Gasteiger partial charge < -0.3 is 15.1 Å². The lowest BCUT2D eigenvalue weighted by Crippen LogP contribution is -2.35. The fourth-order valence-corrected chi connectivity index (χ4v) is 5.28. The molecule has 0 bridgehead atoms. The number of aliphatic hydroxyl groups is 1. The first-order valence-corrected chi connectivity index (χ1v) is 12.4. The Balaban J connectivity index is 1.68. The summed E-state index contributed by atoms with van der Waals surface area (Å²) in [5.41, 5.74) is 1.28. The first-order chi connectivity index (χ1) is 15.6. The van der Waals surface area contributed by atoms with Gasteiger partial charge in [-0.2, -0.15) is 0 Å². The molecule has 6 nitrogen and oxygen atoms in total. The van der Waals surface area contributed by atoms with Gasteiger partial charge in [0.05, 0.1) is 6.10 Å². The van der Waals surface area contributed by atoms with Crippen molar-refractivity contribution >= 4 is 34.7 Å². The number of benzene rings is 1. The lowest BCUT2D eigenvalue weighted by Gasteiger charge is -2.32. The first-order valence-electron chi connectivity index (χ1n) is 11.6. The summed E-state index contributed by atoms with van der Waals surface area (Å²) in [5.74, 6) is -1.77. The quantitative estimate of drug-likeness (QED) is 0.451. The standard InChI is InChI=1S/C26H33NO5S/c1-4-5-9-23(29)26(2,3)17-10-12-18(13-11-17)27-19(16-21(28)24(27)30)7-6-8-20-14-15-22(33-20)25(31)32/h10-15,19,23,29H,4-9,16H2,1-3H3,(H,31,32). The number of Topliss-reactive ketones (excluding diaryl/α,β-unsaturated/α-hetero) is 1. The second-order valence-corrected chi connectivity index (χ2v) is 10.5. The van der Waals surface area contributed by atoms with Crippen LogP contribution in [0.4, 0.5) is 5.69 Å². The highest BCUT2D eigenvalue weighted by Crippen LogP contribution is 2.33. The van der Waals surface area contributed by atoms with Crippen molar-refractivity contribution in [2.45, 2.75) is 83.3 Å². The monoisotopic (exact) mass is 471 g/mol. The van der Waals surface area contributed by atoms with Crippen LogP contribution in [0.25, 0.3) is 0 Å².